The largest absolute Gasteiger partial charge is 0.334 e. The molecule has 2 N–H and O–H groups in total. The number of hydrogen-bond donors (Lipinski definition) is 2. The van der Waals surface area contributed by atoms with Crippen molar-refractivity contribution in [2.75, 3.05) is 25.0 Å². The van der Waals surface area contributed by atoms with Crippen molar-refractivity contribution in [3.8, 4) is 0 Å². The molecule has 0 aliphatic carbocycles. The fraction of sp³-hybridized carbons (Fsp3) is 0.562. The monoisotopic (exact) mass is 339 g/mol. The maximum Gasteiger partial charge on any atom is 0.230 e. The van der Waals surface area contributed by atoms with Gasteiger partial charge < -0.3 is 10.2 Å². The molecule has 20 heavy (non-hydrogen) atoms. The van der Waals surface area contributed by atoms with Gasteiger partial charge in [-0.3, -0.25) is 4.79 Å². The SMILES string of the molecule is Cc1cc(NC(=O)CC[NH+]2CCC[C@H](C)C2)ccc1Br. The Hall–Kier alpha value is -0.870. The first-order valence-electron chi connectivity index (χ1n) is 7.44. The van der Waals surface area contributed by atoms with Crippen molar-refractivity contribution in [2.24, 2.45) is 5.92 Å². The van der Waals surface area contributed by atoms with Crippen LogP contribution in [0.3, 0.4) is 0 Å². The number of hydrogen-bond acceptors (Lipinski definition) is 1. The van der Waals surface area contributed by atoms with E-state index in [1.807, 2.05) is 25.1 Å². The number of amides is 1. The van der Waals surface area contributed by atoms with Gasteiger partial charge in [-0.25, -0.2) is 0 Å². The molecule has 0 saturated carbocycles. The molecule has 1 aromatic carbocycles. The summed E-state index contributed by atoms with van der Waals surface area (Å²) in [5.41, 5.74) is 2.02. The summed E-state index contributed by atoms with van der Waals surface area (Å²) in [4.78, 5) is 13.6. The summed E-state index contributed by atoms with van der Waals surface area (Å²) in [5.74, 6) is 0.924. The zero-order valence-corrected chi connectivity index (χ0v) is 13.9. The van der Waals surface area contributed by atoms with Crippen molar-refractivity contribution < 1.29 is 9.69 Å². The predicted molar refractivity (Wildman–Crippen MR) is 86.1 cm³/mol. The number of aryl methyl sites for hydroxylation is 1. The maximum absolute atomic E-state index is 12.0. The van der Waals surface area contributed by atoms with E-state index in [2.05, 4.69) is 28.2 Å². The molecule has 2 atom stereocenters. The molecule has 1 fully saturated rings. The van der Waals surface area contributed by atoms with E-state index in [1.165, 1.54) is 25.9 Å². The first kappa shape index (κ1) is 15.5. The molecule has 2 rings (SSSR count). The van der Waals surface area contributed by atoms with Gasteiger partial charge >= 0.3 is 0 Å². The Morgan fingerprint density at radius 2 is 2.30 bits per heavy atom. The summed E-state index contributed by atoms with van der Waals surface area (Å²) < 4.78 is 1.07. The van der Waals surface area contributed by atoms with Crippen LogP contribution in [-0.2, 0) is 4.79 Å². The van der Waals surface area contributed by atoms with Crippen LogP contribution in [0, 0.1) is 12.8 Å². The van der Waals surface area contributed by atoms with E-state index < -0.39 is 0 Å². The Bertz CT molecular complexity index is 476. The van der Waals surface area contributed by atoms with E-state index in [1.54, 1.807) is 4.90 Å². The molecule has 0 spiro atoms. The molecule has 110 valence electrons. The van der Waals surface area contributed by atoms with Crippen LogP contribution < -0.4 is 10.2 Å². The molecule has 1 heterocycles. The van der Waals surface area contributed by atoms with Crippen LogP contribution in [0.15, 0.2) is 22.7 Å². The molecule has 0 aromatic heterocycles. The normalized spacial score (nSPS) is 22.6. The Morgan fingerprint density at radius 3 is 3.00 bits per heavy atom. The Morgan fingerprint density at radius 1 is 1.50 bits per heavy atom. The molecule has 1 saturated heterocycles. The smallest absolute Gasteiger partial charge is 0.230 e. The number of quaternary nitrogens is 1. The minimum Gasteiger partial charge on any atom is -0.334 e. The van der Waals surface area contributed by atoms with Gasteiger partial charge in [0.05, 0.1) is 26.1 Å². The highest BCUT2D eigenvalue weighted by molar-refractivity contribution is 9.10. The lowest BCUT2D eigenvalue weighted by atomic mass is 10.0. The van der Waals surface area contributed by atoms with Gasteiger partial charge in [0, 0.05) is 16.1 Å². The lowest BCUT2D eigenvalue weighted by Crippen LogP contribution is -3.13. The molecule has 4 heteroatoms. The van der Waals surface area contributed by atoms with Crippen LogP contribution in [0.1, 0.15) is 31.7 Å². The quantitative estimate of drug-likeness (QED) is 0.867. The van der Waals surface area contributed by atoms with Crippen LogP contribution in [0.4, 0.5) is 5.69 Å². The van der Waals surface area contributed by atoms with E-state index in [4.69, 9.17) is 0 Å². The van der Waals surface area contributed by atoms with Gasteiger partial charge in [0.2, 0.25) is 5.91 Å². The summed E-state index contributed by atoms with van der Waals surface area (Å²) >= 11 is 3.47. The summed E-state index contributed by atoms with van der Waals surface area (Å²) in [7, 11) is 0. The van der Waals surface area contributed by atoms with Gasteiger partial charge in [0.1, 0.15) is 0 Å². The average molecular weight is 340 g/mol. The highest BCUT2D eigenvalue weighted by Crippen LogP contribution is 2.19. The molecule has 3 nitrogen and oxygen atoms in total. The van der Waals surface area contributed by atoms with E-state index >= 15 is 0 Å². The van der Waals surface area contributed by atoms with Crippen molar-refractivity contribution in [1.82, 2.24) is 0 Å². The number of nitrogens with one attached hydrogen (secondary N) is 2. The van der Waals surface area contributed by atoms with Crippen LogP contribution in [-0.4, -0.2) is 25.5 Å². The summed E-state index contributed by atoms with van der Waals surface area (Å²) in [6.07, 6.45) is 3.25. The van der Waals surface area contributed by atoms with E-state index in [0.717, 1.165) is 28.2 Å². The third-order valence-electron chi connectivity index (χ3n) is 4.01. The highest BCUT2D eigenvalue weighted by atomic mass is 79.9. The fourth-order valence-electron chi connectivity index (χ4n) is 2.86. The molecule has 1 aliphatic heterocycles. The van der Waals surface area contributed by atoms with Gasteiger partial charge in [-0.1, -0.05) is 22.9 Å². The van der Waals surface area contributed by atoms with Crippen molar-refractivity contribution in [3.05, 3.63) is 28.2 Å². The second-order valence-electron chi connectivity index (χ2n) is 5.96. The maximum atomic E-state index is 12.0. The molecule has 1 amide bonds. The second kappa shape index (κ2) is 7.23. The Balaban J connectivity index is 1.78. The average Bonchev–Trinajstić information content (AvgIpc) is 2.41. The van der Waals surface area contributed by atoms with Crippen molar-refractivity contribution >= 4 is 27.5 Å². The number of rotatable bonds is 4. The number of piperidine rings is 1. The number of halogens is 1. The Kier molecular flexibility index (Phi) is 5.61. The molecular weight excluding hydrogens is 316 g/mol. The van der Waals surface area contributed by atoms with Crippen LogP contribution in [0.5, 0.6) is 0 Å². The summed E-state index contributed by atoms with van der Waals surface area (Å²) in [5, 5.41) is 2.99. The highest BCUT2D eigenvalue weighted by Gasteiger charge is 2.20. The van der Waals surface area contributed by atoms with Crippen LogP contribution in [0.25, 0.3) is 0 Å². The second-order valence-corrected chi connectivity index (χ2v) is 6.82. The lowest BCUT2D eigenvalue weighted by Gasteiger charge is -2.27. The molecule has 1 aliphatic rings. The molecule has 0 bridgehead atoms. The predicted octanol–water partition coefficient (Wildman–Crippen LogP) is 2.40. The van der Waals surface area contributed by atoms with Gasteiger partial charge in [-0.15, -0.1) is 0 Å². The van der Waals surface area contributed by atoms with Crippen LogP contribution >= 0.6 is 15.9 Å². The van der Waals surface area contributed by atoms with E-state index in [9.17, 15) is 4.79 Å². The third-order valence-corrected chi connectivity index (χ3v) is 4.90. The van der Waals surface area contributed by atoms with E-state index in [-0.39, 0.29) is 5.91 Å². The number of carbonyl (C=O) groups is 1. The number of anilines is 1. The molecule has 1 unspecified atom stereocenters. The number of carbonyl (C=O) groups excluding carboxylic acids is 1. The molecule has 0 radical (unpaired) electrons. The minimum absolute atomic E-state index is 0.123. The first-order valence-corrected chi connectivity index (χ1v) is 8.23. The van der Waals surface area contributed by atoms with Gasteiger partial charge in [0.15, 0.2) is 0 Å². The van der Waals surface area contributed by atoms with Gasteiger partial charge in [-0.2, -0.15) is 0 Å². The van der Waals surface area contributed by atoms with Crippen molar-refractivity contribution in [1.29, 1.82) is 0 Å². The van der Waals surface area contributed by atoms with Gasteiger partial charge in [-0.05, 0) is 43.5 Å². The number of benzene rings is 1. The zero-order chi connectivity index (χ0) is 14.5. The minimum atomic E-state index is 0.123. The first-order chi connectivity index (χ1) is 9.54. The summed E-state index contributed by atoms with van der Waals surface area (Å²) in [6, 6.07) is 5.91. The van der Waals surface area contributed by atoms with Crippen LogP contribution in [0.2, 0.25) is 0 Å². The van der Waals surface area contributed by atoms with Crippen molar-refractivity contribution in [3.63, 3.8) is 0 Å². The zero-order valence-electron chi connectivity index (χ0n) is 12.3. The third kappa shape index (κ3) is 4.60. The topological polar surface area (TPSA) is 33.5 Å². The van der Waals surface area contributed by atoms with Gasteiger partial charge in [0.25, 0.3) is 0 Å². The fourth-order valence-corrected chi connectivity index (χ4v) is 3.11. The summed E-state index contributed by atoms with van der Waals surface area (Å²) in [6.45, 7) is 7.72. The molecular formula is C16H24BrN2O+. The van der Waals surface area contributed by atoms with Crippen molar-refractivity contribution in [2.45, 2.75) is 33.1 Å². The van der Waals surface area contributed by atoms with E-state index in [0.29, 0.717) is 6.42 Å². The molecule has 1 aromatic rings. The Labute approximate surface area is 129 Å². The number of likely N-dealkylation sites (tertiary alicyclic amines) is 1. The lowest BCUT2D eigenvalue weighted by molar-refractivity contribution is -0.907. The standard InChI is InChI=1S/C16H23BrN2O/c1-12-4-3-8-19(11-12)9-7-16(20)18-14-5-6-15(17)13(2)10-14/h5-6,10,12H,3-4,7-9,11H2,1-2H3,(H,18,20)/p+1/t12-/m0/s1.